The predicted molar refractivity (Wildman–Crippen MR) is 82.5 cm³/mol. The molecular weight excluding hydrogens is 291 g/mol. The third-order valence-electron chi connectivity index (χ3n) is 3.38. The molecule has 1 aliphatic heterocycles. The van der Waals surface area contributed by atoms with Crippen molar-refractivity contribution >= 4 is 29.3 Å². The maximum absolute atomic E-state index is 13.6. The van der Waals surface area contributed by atoms with Crippen molar-refractivity contribution in [2.24, 2.45) is 0 Å². The van der Waals surface area contributed by atoms with Crippen LogP contribution in [0.4, 0.5) is 10.1 Å². The molecule has 0 unspecified atom stereocenters. The molecule has 1 aliphatic rings. The van der Waals surface area contributed by atoms with Gasteiger partial charge in [0.15, 0.2) is 0 Å². The van der Waals surface area contributed by atoms with Crippen LogP contribution in [0.15, 0.2) is 24.3 Å². The number of unbranched alkanes of at least 4 members (excludes halogenated alkanes) is 1. The molecule has 0 radical (unpaired) electrons. The van der Waals surface area contributed by atoms with Gasteiger partial charge in [-0.3, -0.25) is 9.59 Å². The minimum absolute atomic E-state index is 0.00414. The first kappa shape index (κ1) is 15.8. The van der Waals surface area contributed by atoms with Gasteiger partial charge in [-0.25, -0.2) is 4.39 Å². The normalized spacial score (nSPS) is 17.8. The van der Waals surface area contributed by atoms with Crippen molar-refractivity contribution < 1.29 is 14.0 Å². The van der Waals surface area contributed by atoms with Gasteiger partial charge in [0.25, 0.3) is 0 Å². The van der Waals surface area contributed by atoms with E-state index in [0.717, 1.165) is 12.8 Å². The minimum atomic E-state index is -0.515. The fourth-order valence-electron chi connectivity index (χ4n) is 2.16. The van der Waals surface area contributed by atoms with E-state index in [1.807, 2.05) is 6.92 Å². The van der Waals surface area contributed by atoms with Crippen LogP contribution in [0.1, 0.15) is 26.2 Å². The van der Waals surface area contributed by atoms with Crippen molar-refractivity contribution in [2.75, 3.05) is 16.9 Å². The van der Waals surface area contributed by atoms with Crippen molar-refractivity contribution in [3.05, 3.63) is 30.1 Å². The molecule has 1 aromatic carbocycles. The lowest BCUT2D eigenvalue weighted by molar-refractivity contribution is -0.136. The molecule has 6 heteroatoms. The molecule has 0 bridgehead atoms. The van der Waals surface area contributed by atoms with E-state index < -0.39 is 11.9 Å². The van der Waals surface area contributed by atoms with Crippen molar-refractivity contribution in [3.8, 4) is 0 Å². The van der Waals surface area contributed by atoms with Gasteiger partial charge in [-0.05, 0) is 18.6 Å². The standard InChI is InChI=1S/C15H19FN2O2S/c1-2-3-8-14(19)18-10-21-9-13(18)15(20)17-12-7-5-4-6-11(12)16/h4-7,13H,2-3,8-10H2,1H3,(H,17,20)/t13-/m0/s1. The highest BCUT2D eigenvalue weighted by molar-refractivity contribution is 7.99. The number of hydrogen-bond acceptors (Lipinski definition) is 3. The Morgan fingerprint density at radius 1 is 1.43 bits per heavy atom. The molecule has 0 aliphatic carbocycles. The number of anilines is 1. The molecule has 0 spiro atoms. The second-order valence-corrected chi connectivity index (χ2v) is 5.95. The van der Waals surface area contributed by atoms with Crippen LogP contribution in [0.3, 0.4) is 0 Å². The van der Waals surface area contributed by atoms with Crippen molar-refractivity contribution in [1.29, 1.82) is 0 Å². The van der Waals surface area contributed by atoms with Gasteiger partial charge in [-0.1, -0.05) is 25.5 Å². The highest BCUT2D eigenvalue weighted by Gasteiger charge is 2.34. The second-order valence-electron chi connectivity index (χ2n) is 4.95. The zero-order chi connectivity index (χ0) is 15.2. The van der Waals surface area contributed by atoms with Crippen LogP contribution in [0.2, 0.25) is 0 Å². The molecule has 2 rings (SSSR count). The number of halogens is 1. The van der Waals surface area contributed by atoms with E-state index in [4.69, 9.17) is 0 Å². The molecule has 1 N–H and O–H groups in total. The lowest BCUT2D eigenvalue weighted by atomic mass is 10.2. The number of rotatable bonds is 5. The molecule has 114 valence electrons. The van der Waals surface area contributed by atoms with Crippen LogP contribution < -0.4 is 5.32 Å². The lowest BCUT2D eigenvalue weighted by Crippen LogP contribution is -2.44. The first-order valence-corrected chi connectivity index (χ1v) is 8.21. The van der Waals surface area contributed by atoms with E-state index in [9.17, 15) is 14.0 Å². The Morgan fingerprint density at radius 2 is 2.19 bits per heavy atom. The average molecular weight is 310 g/mol. The van der Waals surface area contributed by atoms with E-state index in [1.165, 1.54) is 12.1 Å². The first-order chi connectivity index (χ1) is 10.1. The molecule has 21 heavy (non-hydrogen) atoms. The average Bonchev–Trinajstić information content (AvgIpc) is 2.96. The van der Waals surface area contributed by atoms with E-state index in [-0.39, 0.29) is 17.5 Å². The van der Waals surface area contributed by atoms with Crippen LogP contribution in [0, 0.1) is 5.82 Å². The summed E-state index contributed by atoms with van der Waals surface area (Å²) in [5.41, 5.74) is 0.153. The smallest absolute Gasteiger partial charge is 0.248 e. The van der Waals surface area contributed by atoms with Crippen molar-refractivity contribution in [1.82, 2.24) is 4.90 Å². The summed E-state index contributed by atoms with van der Waals surface area (Å²) >= 11 is 1.55. The van der Waals surface area contributed by atoms with Gasteiger partial charge in [0.05, 0.1) is 11.6 Å². The summed E-state index contributed by atoms with van der Waals surface area (Å²) in [6.07, 6.45) is 2.22. The number of nitrogens with one attached hydrogen (secondary N) is 1. The number of hydrogen-bond donors (Lipinski definition) is 1. The van der Waals surface area contributed by atoms with Gasteiger partial charge in [0.2, 0.25) is 11.8 Å². The highest BCUT2D eigenvalue weighted by Crippen LogP contribution is 2.24. The van der Waals surface area contributed by atoms with E-state index in [2.05, 4.69) is 5.32 Å². The summed E-state index contributed by atoms with van der Waals surface area (Å²) in [7, 11) is 0. The fourth-order valence-corrected chi connectivity index (χ4v) is 3.34. The summed E-state index contributed by atoms with van der Waals surface area (Å²) in [6, 6.07) is 5.52. The molecule has 1 atom stereocenters. The number of nitrogens with zero attached hydrogens (tertiary/aromatic N) is 1. The Labute approximate surface area is 128 Å². The maximum atomic E-state index is 13.6. The Bertz CT molecular complexity index is 524. The monoisotopic (exact) mass is 310 g/mol. The lowest BCUT2D eigenvalue weighted by Gasteiger charge is -2.23. The Hall–Kier alpha value is -1.56. The molecule has 1 fully saturated rings. The SMILES string of the molecule is CCCCC(=O)N1CSC[C@H]1C(=O)Nc1ccccc1F. The van der Waals surface area contributed by atoms with Gasteiger partial charge in [0.1, 0.15) is 11.9 Å². The zero-order valence-corrected chi connectivity index (χ0v) is 12.8. The molecule has 1 heterocycles. The molecule has 0 aromatic heterocycles. The van der Waals surface area contributed by atoms with Gasteiger partial charge in [0, 0.05) is 12.2 Å². The van der Waals surface area contributed by atoms with Gasteiger partial charge in [-0.15, -0.1) is 11.8 Å². The van der Waals surface area contributed by atoms with E-state index >= 15 is 0 Å². The van der Waals surface area contributed by atoms with Gasteiger partial charge >= 0.3 is 0 Å². The van der Waals surface area contributed by atoms with Crippen LogP contribution in [0.25, 0.3) is 0 Å². The number of thioether (sulfide) groups is 1. The topological polar surface area (TPSA) is 49.4 Å². The Balaban J connectivity index is 2.01. The maximum Gasteiger partial charge on any atom is 0.248 e. The van der Waals surface area contributed by atoms with Crippen molar-refractivity contribution in [3.63, 3.8) is 0 Å². The van der Waals surface area contributed by atoms with Crippen molar-refractivity contribution in [2.45, 2.75) is 32.2 Å². The first-order valence-electron chi connectivity index (χ1n) is 7.06. The van der Waals surface area contributed by atoms with Gasteiger partial charge in [-0.2, -0.15) is 0 Å². The van der Waals surface area contributed by atoms with Crippen LogP contribution in [-0.4, -0.2) is 34.4 Å². The van der Waals surface area contributed by atoms with Crippen LogP contribution >= 0.6 is 11.8 Å². The van der Waals surface area contributed by atoms with E-state index in [0.29, 0.717) is 18.1 Å². The third-order valence-corrected chi connectivity index (χ3v) is 4.39. The molecule has 2 amide bonds. The fraction of sp³-hybridized carbons (Fsp3) is 0.467. The Morgan fingerprint density at radius 3 is 2.90 bits per heavy atom. The number of para-hydroxylation sites is 1. The number of amides is 2. The third kappa shape index (κ3) is 3.97. The summed E-state index contributed by atoms with van der Waals surface area (Å²) < 4.78 is 13.6. The summed E-state index contributed by atoms with van der Waals surface area (Å²) in [5.74, 6) is 0.279. The van der Waals surface area contributed by atoms with Crippen LogP contribution in [-0.2, 0) is 9.59 Å². The predicted octanol–water partition coefficient (Wildman–Crippen LogP) is 2.86. The molecule has 0 saturated carbocycles. The number of benzene rings is 1. The summed E-state index contributed by atoms with van der Waals surface area (Å²) in [4.78, 5) is 26.0. The quantitative estimate of drug-likeness (QED) is 0.910. The molecular formula is C15H19FN2O2S. The molecule has 4 nitrogen and oxygen atoms in total. The minimum Gasteiger partial charge on any atom is -0.322 e. The van der Waals surface area contributed by atoms with Gasteiger partial charge < -0.3 is 10.2 Å². The molecule has 1 aromatic rings. The summed E-state index contributed by atoms with van der Waals surface area (Å²) in [5, 5.41) is 2.57. The molecule has 1 saturated heterocycles. The zero-order valence-electron chi connectivity index (χ0n) is 12.0. The number of carbonyl (C=O) groups excluding carboxylic acids is 2. The summed E-state index contributed by atoms with van der Waals surface area (Å²) in [6.45, 7) is 2.02. The Kier molecular flexibility index (Phi) is 5.61. The second kappa shape index (κ2) is 7.45. The highest BCUT2D eigenvalue weighted by atomic mass is 32.2. The largest absolute Gasteiger partial charge is 0.322 e. The number of carbonyl (C=O) groups is 2. The van der Waals surface area contributed by atoms with E-state index in [1.54, 1.807) is 28.8 Å². The van der Waals surface area contributed by atoms with Crippen LogP contribution in [0.5, 0.6) is 0 Å².